The number of nitrogens with one attached hydrogen (secondary N) is 1. The zero-order chi connectivity index (χ0) is 12.0. The monoisotopic (exact) mass is 240 g/mol. The standard InChI is InChI=1S/C11H13ClN2O2/c12-11-3-8(4-13)1-2-9(11)5-14-6-10(16)7-15/h1-3,10,14-16H,5-7H2. The Labute approximate surface area is 99.1 Å². The Hall–Kier alpha value is -1.12. The maximum atomic E-state index is 9.10. The summed E-state index contributed by atoms with van der Waals surface area (Å²) in [6.45, 7) is 0.516. The van der Waals surface area contributed by atoms with Crippen LogP contribution >= 0.6 is 11.6 Å². The average Bonchev–Trinajstić information content (AvgIpc) is 2.30. The van der Waals surface area contributed by atoms with Crippen LogP contribution < -0.4 is 5.32 Å². The predicted molar refractivity (Wildman–Crippen MR) is 61.0 cm³/mol. The molecule has 0 aliphatic heterocycles. The molecule has 0 heterocycles. The van der Waals surface area contributed by atoms with Gasteiger partial charge in [-0.3, -0.25) is 0 Å². The largest absolute Gasteiger partial charge is 0.394 e. The molecule has 1 aromatic rings. The Morgan fingerprint density at radius 1 is 1.50 bits per heavy atom. The second kappa shape index (κ2) is 6.46. The van der Waals surface area contributed by atoms with Crippen LogP contribution in [-0.4, -0.2) is 29.5 Å². The number of benzene rings is 1. The molecule has 0 radical (unpaired) electrons. The van der Waals surface area contributed by atoms with Crippen molar-refractivity contribution in [1.29, 1.82) is 5.26 Å². The van der Waals surface area contributed by atoms with E-state index in [1.54, 1.807) is 18.2 Å². The van der Waals surface area contributed by atoms with E-state index in [1.807, 2.05) is 6.07 Å². The normalized spacial score (nSPS) is 12.1. The molecule has 5 heteroatoms. The first-order chi connectivity index (χ1) is 7.67. The van der Waals surface area contributed by atoms with Gasteiger partial charge in [0.15, 0.2) is 0 Å². The summed E-state index contributed by atoms with van der Waals surface area (Å²) in [7, 11) is 0. The van der Waals surface area contributed by atoms with Crippen molar-refractivity contribution in [1.82, 2.24) is 5.32 Å². The second-order valence-electron chi connectivity index (χ2n) is 3.39. The van der Waals surface area contributed by atoms with Crippen molar-refractivity contribution >= 4 is 11.6 Å². The van der Waals surface area contributed by atoms with Gasteiger partial charge in [-0.05, 0) is 17.7 Å². The van der Waals surface area contributed by atoms with E-state index >= 15 is 0 Å². The molecule has 16 heavy (non-hydrogen) atoms. The van der Waals surface area contributed by atoms with E-state index in [9.17, 15) is 0 Å². The van der Waals surface area contributed by atoms with Gasteiger partial charge in [0.25, 0.3) is 0 Å². The Morgan fingerprint density at radius 3 is 2.81 bits per heavy atom. The van der Waals surface area contributed by atoms with Crippen LogP contribution in [0.5, 0.6) is 0 Å². The molecule has 0 saturated heterocycles. The van der Waals surface area contributed by atoms with Gasteiger partial charge >= 0.3 is 0 Å². The first kappa shape index (κ1) is 12.9. The van der Waals surface area contributed by atoms with Gasteiger partial charge in [-0.15, -0.1) is 0 Å². The van der Waals surface area contributed by atoms with Gasteiger partial charge in [-0.1, -0.05) is 17.7 Å². The Morgan fingerprint density at radius 2 is 2.25 bits per heavy atom. The fourth-order valence-electron chi connectivity index (χ4n) is 1.20. The number of aliphatic hydroxyl groups excluding tert-OH is 2. The van der Waals surface area contributed by atoms with E-state index in [0.29, 0.717) is 23.7 Å². The minimum absolute atomic E-state index is 0.270. The van der Waals surface area contributed by atoms with Crippen LogP contribution in [0.15, 0.2) is 18.2 Å². The Kier molecular flexibility index (Phi) is 5.23. The molecule has 0 aromatic heterocycles. The Balaban J connectivity index is 2.52. The van der Waals surface area contributed by atoms with Gasteiger partial charge in [0, 0.05) is 18.1 Å². The number of hydrogen-bond donors (Lipinski definition) is 3. The van der Waals surface area contributed by atoms with Crippen molar-refractivity contribution in [2.75, 3.05) is 13.2 Å². The van der Waals surface area contributed by atoms with Crippen LogP contribution in [0.4, 0.5) is 0 Å². The fourth-order valence-corrected chi connectivity index (χ4v) is 1.45. The third-order valence-electron chi connectivity index (χ3n) is 2.09. The quantitative estimate of drug-likeness (QED) is 0.707. The van der Waals surface area contributed by atoms with E-state index in [4.69, 9.17) is 27.1 Å². The van der Waals surface area contributed by atoms with E-state index in [2.05, 4.69) is 5.32 Å². The maximum absolute atomic E-state index is 9.10. The van der Waals surface area contributed by atoms with Gasteiger partial charge < -0.3 is 15.5 Å². The highest BCUT2D eigenvalue weighted by Crippen LogP contribution is 2.17. The minimum atomic E-state index is -0.767. The summed E-state index contributed by atoms with van der Waals surface area (Å²) in [6, 6.07) is 7.05. The van der Waals surface area contributed by atoms with Crippen molar-refractivity contribution in [2.45, 2.75) is 12.6 Å². The van der Waals surface area contributed by atoms with Gasteiger partial charge in [0.2, 0.25) is 0 Å². The zero-order valence-corrected chi connectivity index (χ0v) is 9.41. The number of aliphatic hydroxyl groups is 2. The molecule has 0 aliphatic carbocycles. The smallest absolute Gasteiger partial charge is 0.0992 e. The number of nitriles is 1. The highest BCUT2D eigenvalue weighted by Gasteiger charge is 2.04. The van der Waals surface area contributed by atoms with Crippen LogP contribution in [0.2, 0.25) is 5.02 Å². The van der Waals surface area contributed by atoms with Crippen molar-refractivity contribution < 1.29 is 10.2 Å². The maximum Gasteiger partial charge on any atom is 0.0992 e. The summed E-state index contributed by atoms with van der Waals surface area (Å²) in [5.74, 6) is 0. The summed E-state index contributed by atoms with van der Waals surface area (Å²) in [4.78, 5) is 0. The van der Waals surface area contributed by atoms with Crippen LogP contribution in [0.3, 0.4) is 0 Å². The highest BCUT2D eigenvalue weighted by molar-refractivity contribution is 6.31. The third-order valence-corrected chi connectivity index (χ3v) is 2.44. The number of rotatable bonds is 5. The molecule has 4 nitrogen and oxygen atoms in total. The van der Waals surface area contributed by atoms with Crippen LogP contribution in [0.25, 0.3) is 0 Å². The van der Waals surface area contributed by atoms with Gasteiger partial charge in [0.05, 0.1) is 24.3 Å². The minimum Gasteiger partial charge on any atom is -0.394 e. The average molecular weight is 241 g/mol. The molecule has 1 unspecified atom stereocenters. The lowest BCUT2D eigenvalue weighted by Gasteiger charge is -2.09. The van der Waals surface area contributed by atoms with E-state index < -0.39 is 6.10 Å². The number of nitrogens with zero attached hydrogens (tertiary/aromatic N) is 1. The lowest BCUT2D eigenvalue weighted by Crippen LogP contribution is -2.29. The van der Waals surface area contributed by atoms with Crippen molar-refractivity contribution in [3.63, 3.8) is 0 Å². The molecule has 0 aliphatic rings. The summed E-state index contributed by atoms with van der Waals surface area (Å²) in [6.07, 6.45) is -0.767. The first-order valence-electron chi connectivity index (χ1n) is 4.85. The van der Waals surface area contributed by atoms with Crippen LogP contribution in [0.1, 0.15) is 11.1 Å². The fraction of sp³-hybridized carbons (Fsp3) is 0.364. The number of halogens is 1. The van der Waals surface area contributed by atoms with Crippen LogP contribution in [-0.2, 0) is 6.54 Å². The molecule has 86 valence electrons. The lowest BCUT2D eigenvalue weighted by molar-refractivity contribution is 0.0942. The van der Waals surface area contributed by atoms with Gasteiger partial charge in [-0.25, -0.2) is 0 Å². The zero-order valence-electron chi connectivity index (χ0n) is 8.65. The third kappa shape index (κ3) is 3.80. The van der Waals surface area contributed by atoms with E-state index in [0.717, 1.165) is 5.56 Å². The molecule has 1 atom stereocenters. The van der Waals surface area contributed by atoms with E-state index in [-0.39, 0.29) is 6.61 Å². The lowest BCUT2D eigenvalue weighted by atomic mass is 10.1. The summed E-state index contributed by atoms with van der Waals surface area (Å²) in [5.41, 5.74) is 1.37. The molecule has 3 N–H and O–H groups in total. The molecular weight excluding hydrogens is 228 g/mol. The SMILES string of the molecule is N#Cc1ccc(CNCC(O)CO)c(Cl)c1. The van der Waals surface area contributed by atoms with Crippen LogP contribution in [0, 0.1) is 11.3 Å². The molecule has 1 aromatic carbocycles. The molecular formula is C11H13ClN2O2. The Bertz CT molecular complexity index is 390. The molecule has 0 amide bonds. The molecule has 0 fully saturated rings. The number of hydrogen-bond acceptors (Lipinski definition) is 4. The summed E-state index contributed by atoms with van der Waals surface area (Å²) >= 11 is 5.95. The van der Waals surface area contributed by atoms with Crippen molar-refractivity contribution in [2.24, 2.45) is 0 Å². The van der Waals surface area contributed by atoms with Crippen molar-refractivity contribution in [3.05, 3.63) is 34.3 Å². The molecule has 0 spiro atoms. The van der Waals surface area contributed by atoms with Gasteiger partial charge in [-0.2, -0.15) is 5.26 Å². The van der Waals surface area contributed by atoms with Gasteiger partial charge in [0.1, 0.15) is 0 Å². The summed E-state index contributed by atoms with van der Waals surface area (Å²) in [5, 5.41) is 29.8. The second-order valence-corrected chi connectivity index (χ2v) is 3.79. The highest BCUT2D eigenvalue weighted by atomic mass is 35.5. The predicted octanol–water partition coefficient (Wildman–Crippen LogP) is 0.654. The summed E-state index contributed by atoms with van der Waals surface area (Å²) < 4.78 is 0. The topological polar surface area (TPSA) is 76.3 Å². The molecule has 0 bridgehead atoms. The first-order valence-corrected chi connectivity index (χ1v) is 5.23. The van der Waals surface area contributed by atoms with E-state index in [1.165, 1.54) is 0 Å². The molecule has 0 saturated carbocycles. The van der Waals surface area contributed by atoms with Crippen molar-refractivity contribution in [3.8, 4) is 6.07 Å². The molecule has 1 rings (SSSR count).